The third kappa shape index (κ3) is 2.42. The summed E-state index contributed by atoms with van der Waals surface area (Å²) in [4.78, 5) is 6.95. The van der Waals surface area contributed by atoms with Gasteiger partial charge >= 0.3 is 0 Å². The Morgan fingerprint density at radius 1 is 1.37 bits per heavy atom. The zero-order valence-corrected chi connectivity index (χ0v) is 11.4. The van der Waals surface area contributed by atoms with Gasteiger partial charge in [-0.25, -0.2) is 4.52 Å². The van der Waals surface area contributed by atoms with Gasteiger partial charge in [-0.1, -0.05) is 6.07 Å². The smallest absolute Gasteiger partial charge is 0.245 e. The zero-order chi connectivity index (χ0) is 13.2. The summed E-state index contributed by atoms with van der Waals surface area (Å²) in [6, 6.07) is 4.08. The van der Waals surface area contributed by atoms with Gasteiger partial charge in [-0.3, -0.25) is 0 Å². The van der Waals surface area contributed by atoms with E-state index in [0.29, 0.717) is 0 Å². The number of anilines is 1. The molecule has 3 heterocycles. The van der Waals surface area contributed by atoms with Crippen LogP contribution in [0.25, 0.3) is 5.65 Å². The number of aryl methyl sites for hydroxylation is 1. The van der Waals surface area contributed by atoms with Gasteiger partial charge < -0.3 is 10.6 Å². The zero-order valence-electron chi connectivity index (χ0n) is 11.4. The van der Waals surface area contributed by atoms with Crippen LogP contribution in [0, 0.1) is 12.8 Å². The van der Waals surface area contributed by atoms with Crippen molar-refractivity contribution < 1.29 is 0 Å². The molecule has 0 amide bonds. The van der Waals surface area contributed by atoms with Crippen LogP contribution in [0.4, 0.5) is 5.95 Å². The fraction of sp³-hybridized carbons (Fsp3) is 0.571. The Kier molecular flexibility index (Phi) is 3.38. The highest BCUT2D eigenvalue weighted by molar-refractivity contribution is 5.50. The van der Waals surface area contributed by atoms with E-state index >= 15 is 0 Å². The Hall–Kier alpha value is -1.62. The number of piperidine rings is 1. The van der Waals surface area contributed by atoms with Gasteiger partial charge in [0, 0.05) is 19.3 Å². The molecule has 1 aliphatic rings. The van der Waals surface area contributed by atoms with Crippen molar-refractivity contribution in [1.29, 1.82) is 0 Å². The number of pyridine rings is 1. The van der Waals surface area contributed by atoms with E-state index in [9.17, 15) is 0 Å². The van der Waals surface area contributed by atoms with Crippen LogP contribution in [0.3, 0.4) is 0 Å². The first-order valence-corrected chi connectivity index (χ1v) is 7.05. The second-order valence-electron chi connectivity index (χ2n) is 5.38. The molecule has 1 saturated heterocycles. The Morgan fingerprint density at radius 2 is 2.16 bits per heavy atom. The van der Waals surface area contributed by atoms with Gasteiger partial charge in [0.05, 0.1) is 0 Å². The van der Waals surface area contributed by atoms with Crippen LogP contribution in [0.15, 0.2) is 18.3 Å². The molecule has 5 heteroatoms. The van der Waals surface area contributed by atoms with E-state index in [4.69, 9.17) is 5.73 Å². The van der Waals surface area contributed by atoms with Gasteiger partial charge in [0.15, 0.2) is 5.65 Å². The van der Waals surface area contributed by atoms with E-state index in [1.54, 1.807) is 0 Å². The van der Waals surface area contributed by atoms with Crippen molar-refractivity contribution in [3.63, 3.8) is 0 Å². The molecular weight excluding hydrogens is 238 g/mol. The Bertz CT molecular complexity index is 554. The van der Waals surface area contributed by atoms with Crippen LogP contribution >= 0.6 is 0 Å². The van der Waals surface area contributed by atoms with Crippen LogP contribution in [0.5, 0.6) is 0 Å². The van der Waals surface area contributed by atoms with E-state index in [2.05, 4.69) is 28.0 Å². The monoisotopic (exact) mass is 259 g/mol. The second-order valence-corrected chi connectivity index (χ2v) is 5.38. The summed E-state index contributed by atoms with van der Waals surface area (Å²) in [7, 11) is 0. The highest BCUT2D eigenvalue weighted by Crippen LogP contribution is 2.23. The minimum absolute atomic E-state index is 0.778. The van der Waals surface area contributed by atoms with Gasteiger partial charge in [-0.15, -0.1) is 5.10 Å². The minimum Gasteiger partial charge on any atom is -0.339 e. The predicted octanol–water partition coefficient (Wildman–Crippen LogP) is 1.60. The number of nitrogens with zero attached hydrogens (tertiary/aromatic N) is 4. The van der Waals surface area contributed by atoms with Crippen molar-refractivity contribution in [3.05, 3.63) is 23.9 Å². The molecule has 5 nitrogen and oxygen atoms in total. The SMILES string of the molecule is Cc1cccn2nc(N3CCC(CCN)CC3)nc12. The summed E-state index contributed by atoms with van der Waals surface area (Å²) in [6.45, 7) is 4.96. The van der Waals surface area contributed by atoms with Crippen LogP contribution < -0.4 is 10.6 Å². The third-order valence-electron chi connectivity index (χ3n) is 4.02. The standard InChI is InChI=1S/C14H21N5/c1-11-3-2-8-19-13(11)16-14(17-19)18-9-5-12(4-7-15)6-10-18/h2-3,8,12H,4-7,9-10,15H2,1H3. The van der Waals surface area contributed by atoms with Crippen LogP contribution in [0.1, 0.15) is 24.8 Å². The van der Waals surface area contributed by atoms with Crippen LogP contribution in [-0.2, 0) is 0 Å². The maximum absolute atomic E-state index is 5.63. The number of aromatic nitrogens is 3. The molecule has 0 bridgehead atoms. The van der Waals surface area contributed by atoms with E-state index in [1.165, 1.54) is 18.4 Å². The van der Waals surface area contributed by atoms with Gasteiger partial charge in [0.1, 0.15) is 0 Å². The Morgan fingerprint density at radius 3 is 2.84 bits per heavy atom. The molecule has 0 aliphatic carbocycles. The van der Waals surface area contributed by atoms with E-state index in [-0.39, 0.29) is 0 Å². The van der Waals surface area contributed by atoms with Crippen LogP contribution in [-0.4, -0.2) is 34.2 Å². The molecular formula is C14H21N5. The number of fused-ring (bicyclic) bond motifs is 1. The molecule has 1 fully saturated rings. The van der Waals surface area contributed by atoms with E-state index in [1.807, 2.05) is 16.8 Å². The van der Waals surface area contributed by atoms with E-state index in [0.717, 1.165) is 43.6 Å². The van der Waals surface area contributed by atoms with Crippen molar-refractivity contribution in [3.8, 4) is 0 Å². The average Bonchev–Trinajstić information content (AvgIpc) is 2.85. The van der Waals surface area contributed by atoms with Gasteiger partial charge in [0.25, 0.3) is 0 Å². The molecule has 19 heavy (non-hydrogen) atoms. The highest BCUT2D eigenvalue weighted by Gasteiger charge is 2.21. The Balaban J connectivity index is 1.77. The summed E-state index contributed by atoms with van der Waals surface area (Å²) in [5.74, 6) is 1.64. The molecule has 2 N–H and O–H groups in total. The lowest BCUT2D eigenvalue weighted by Gasteiger charge is -2.30. The summed E-state index contributed by atoms with van der Waals surface area (Å²) in [5, 5.41) is 4.58. The summed E-state index contributed by atoms with van der Waals surface area (Å²) in [5.41, 5.74) is 7.76. The van der Waals surface area contributed by atoms with Crippen molar-refractivity contribution in [2.75, 3.05) is 24.5 Å². The van der Waals surface area contributed by atoms with Gasteiger partial charge in [-0.2, -0.15) is 4.98 Å². The van der Waals surface area contributed by atoms with E-state index < -0.39 is 0 Å². The molecule has 0 radical (unpaired) electrons. The quantitative estimate of drug-likeness (QED) is 0.909. The first kappa shape index (κ1) is 12.4. The van der Waals surface area contributed by atoms with Crippen molar-refractivity contribution in [2.45, 2.75) is 26.2 Å². The molecule has 0 saturated carbocycles. The number of nitrogens with two attached hydrogens (primary N) is 1. The highest BCUT2D eigenvalue weighted by atomic mass is 15.4. The van der Waals surface area contributed by atoms with Gasteiger partial charge in [0.2, 0.25) is 5.95 Å². The van der Waals surface area contributed by atoms with Crippen LogP contribution in [0.2, 0.25) is 0 Å². The summed E-state index contributed by atoms with van der Waals surface area (Å²) < 4.78 is 1.87. The third-order valence-corrected chi connectivity index (χ3v) is 4.02. The lowest BCUT2D eigenvalue weighted by Crippen LogP contribution is -2.35. The average molecular weight is 259 g/mol. The minimum atomic E-state index is 0.778. The number of hydrogen-bond acceptors (Lipinski definition) is 4. The number of rotatable bonds is 3. The fourth-order valence-electron chi connectivity index (χ4n) is 2.82. The molecule has 0 spiro atoms. The molecule has 1 aliphatic heterocycles. The van der Waals surface area contributed by atoms with Crippen molar-refractivity contribution >= 4 is 11.6 Å². The summed E-state index contributed by atoms with van der Waals surface area (Å²) >= 11 is 0. The molecule has 0 unspecified atom stereocenters. The predicted molar refractivity (Wildman–Crippen MR) is 76.3 cm³/mol. The van der Waals surface area contributed by atoms with Crippen molar-refractivity contribution in [1.82, 2.24) is 14.6 Å². The first-order valence-electron chi connectivity index (χ1n) is 7.05. The molecule has 102 valence electrons. The molecule has 2 aromatic heterocycles. The molecule has 2 aromatic rings. The first-order chi connectivity index (χ1) is 9.28. The normalized spacial score (nSPS) is 17.3. The molecule has 0 atom stereocenters. The maximum atomic E-state index is 5.63. The molecule has 0 aromatic carbocycles. The molecule has 3 rings (SSSR count). The summed E-state index contributed by atoms with van der Waals surface area (Å²) in [6.07, 6.45) is 5.50. The fourth-order valence-corrected chi connectivity index (χ4v) is 2.82. The maximum Gasteiger partial charge on any atom is 0.245 e. The lowest BCUT2D eigenvalue weighted by molar-refractivity contribution is 0.384. The topological polar surface area (TPSA) is 59.5 Å². The van der Waals surface area contributed by atoms with Crippen molar-refractivity contribution in [2.24, 2.45) is 11.7 Å². The van der Waals surface area contributed by atoms with Gasteiger partial charge in [-0.05, 0) is 50.3 Å². The number of hydrogen-bond donors (Lipinski definition) is 1. The Labute approximate surface area is 113 Å². The second kappa shape index (κ2) is 5.17. The largest absolute Gasteiger partial charge is 0.339 e. The lowest BCUT2D eigenvalue weighted by atomic mass is 9.94.